The number of hydrogen-bond acceptors (Lipinski definition) is 3. The van der Waals surface area contributed by atoms with E-state index in [1.165, 1.54) is 0 Å². The zero-order chi connectivity index (χ0) is 19.2. The van der Waals surface area contributed by atoms with E-state index in [-0.39, 0.29) is 0 Å². The van der Waals surface area contributed by atoms with E-state index in [4.69, 9.17) is 4.74 Å². The molecule has 3 rings (SSSR count). The highest BCUT2D eigenvalue weighted by Crippen LogP contribution is 2.27. The second-order valence-corrected chi connectivity index (χ2v) is 6.46. The molecule has 0 aromatic heterocycles. The number of aliphatic hydroxyl groups excluding tert-OH is 1. The summed E-state index contributed by atoms with van der Waals surface area (Å²) in [6.07, 6.45) is 0.847. The summed E-state index contributed by atoms with van der Waals surface area (Å²) in [6, 6.07) is 24.8. The van der Waals surface area contributed by atoms with Crippen LogP contribution in [0.3, 0.4) is 0 Å². The Labute approximate surface area is 159 Å². The molecule has 0 aliphatic heterocycles. The van der Waals surface area contributed by atoms with Crippen LogP contribution in [0.25, 0.3) is 5.76 Å². The van der Waals surface area contributed by atoms with E-state index in [1.54, 1.807) is 24.3 Å². The quantitative estimate of drug-likeness (QED) is 0.630. The molecule has 0 saturated heterocycles. The number of ether oxygens (including phenoxy) is 1. The molecule has 134 valence electrons. The van der Waals surface area contributed by atoms with Crippen LogP contribution in [0.4, 0.5) is 0 Å². The molecule has 1 atom stereocenters. The molecular formula is C24H21NO2. The summed E-state index contributed by atoms with van der Waals surface area (Å²) >= 11 is 0. The first kappa shape index (κ1) is 18.4. The van der Waals surface area contributed by atoms with E-state index in [9.17, 15) is 10.4 Å². The van der Waals surface area contributed by atoms with Gasteiger partial charge in [-0.1, -0.05) is 71.8 Å². The summed E-state index contributed by atoms with van der Waals surface area (Å²) in [4.78, 5) is 0. The smallest absolute Gasteiger partial charge is 0.145 e. The molecule has 1 N–H and O–H groups in total. The van der Waals surface area contributed by atoms with E-state index in [0.29, 0.717) is 17.1 Å². The van der Waals surface area contributed by atoms with Gasteiger partial charge in [-0.3, -0.25) is 0 Å². The van der Waals surface area contributed by atoms with Crippen LogP contribution < -0.4 is 4.74 Å². The summed E-state index contributed by atoms with van der Waals surface area (Å²) < 4.78 is 6.06. The van der Waals surface area contributed by atoms with Crippen LogP contribution in [0.1, 0.15) is 33.9 Å². The zero-order valence-corrected chi connectivity index (χ0v) is 15.4. The first-order valence-electron chi connectivity index (χ1n) is 8.77. The van der Waals surface area contributed by atoms with Gasteiger partial charge < -0.3 is 9.84 Å². The third-order valence-corrected chi connectivity index (χ3v) is 4.29. The van der Waals surface area contributed by atoms with Crippen molar-refractivity contribution in [2.24, 2.45) is 0 Å². The van der Waals surface area contributed by atoms with Crippen molar-refractivity contribution in [3.8, 4) is 11.8 Å². The van der Waals surface area contributed by atoms with E-state index in [2.05, 4.69) is 6.07 Å². The predicted octanol–water partition coefficient (Wildman–Crippen LogP) is 5.33. The topological polar surface area (TPSA) is 53.2 Å². The van der Waals surface area contributed by atoms with Gasteiger partial charge in [-0.25, -0.2) is 0 Å². The van der Waals surface area contributed by atoms with Gasteiger partial charge in [0.05, 0.1) is 5.56 Å². The summed E-state index contributed by atoms with van der Waals surface area (Å²) in [7, 11) is 0. The third-order valence-electron chi connectivity index (χ3n) is 4.29. The van der Waals surface area contributed by atoms with Crippen LogP contribution in [0.2, 0.25) is 0 Å². The Morgan fingerprint density at radius 2 is 1.52 bits per heavy atom. The Morgan fingerprint density at radius 1 is 0.926 bits per heavy atom. The van der Waals surface area contributed by atoms with Gasteiger partial charge in [0, 0.05) is 5.56 Å². The average molecular weight is 355 g/mol. The van der Waals surface area contributed by atoms with Gasteiger partial charge in [0.15, 0.2) is 0 Å². The molecule has 0 aliphatic rings. The summed E-state index contributed by atoms with van der Waals surface area (Å²) in [5.74, 6) is 0.966. The number of hydrogen-bond donors (Lipinski definition) is 1. The maximum atomic E-state index is 10.7. The van der Waals surface area contributed by atoms with Crippen LogP contribution in [0, 0.1) is 25.2 Å². The van der Waals surface area contributed by atoms with E-state index >= 15 is 0 Å². The van der Waals surface area contributed by atoms with Crippen LogP contribution in [0.15, 0.2) is 78.9 Å². The highest BCUT2D eigenvalue weighted by Gasteiger charge is 2.12. The summed E-state index contributed by atoms with van der Waals surface area (Å²) in [5.41, 5.74) is 4.32. The lowest BCUT2D eigenvalue weighted by Gasteiger charge is -2.15. The molecular weight excluding hydrogens is 334 g/mol. The SMILES string of the molecule is Cc1ccc(/C(=C/C(O)c2ccc(C)cc2)Oc2ccccc2C#N)cc1. The maximum absolute atomic E-state index is 10.7. The van der Waals surface area contributed by atoms with E-state index in [0.717, 1.165) is 22.3 Å². The summed E-state index contributed by atoms with van der Waals surface area (Å²) in [5, 5.41) is 20.0. The van der Waals surface area contributed by atoms with Crippen LogP contribution in [-0.4, -0.2) is 5.11 Å². The van der Waals surface area contributed by atoms with Gasteiger partial charge in [0.1, 0.15) is 23.7 Å². The molecule has 0 heterocycles. The fourth-order valence-electron chi connectivity index (χ4n) is 2.68. The van der Waals surface area contributed by atoms with E-state index < -0.39 is 6.10 Å². The maximum Gasteiger partial charge on any atom is 0.145 e. The second-order valence-electron chi connectivity index (χ2n) is 6.46. The van der Waals surface area contributed by atoms with Crippen LogP contribution in [0.5, 0.6) is 5.75 Å². The number of rotatable bonds is 5. The molecule has 0 amide bonds. The Morgan fingerprint density at radius 3 is 2.15 bits per heavy atom. The highest BCUT2D eigenvalue weighted by atomic mass is 16.5. The molecule has 27 heavy (non-hydrogen) atoms. The molecule has 0 fully saturated rings. The molecule has 0 spiro atoms. The molecule has 0 aliphatic carbocycles. The van der Waals surface area contributed by atoms with Gasteiger partial charge in [0.25, 0.3) is 0 Å². The van der Waals surface area contributed by atoms with Gasteiger partial charge in [-0.2, -0.15) is 5.26 Å². The number of para-hydroxylation sites is 1. The molecule has 0 radical (unpaired) electrons. The van der Waals surface area contributed by atoms with Gasteiger partial charge in [-0.05, 0) is 37.6 Å². The number of nitrogens with zero attached hydrogens (tertiary/aromatic N) is 1. The monoisotopic (exact) mass is 355 g/mol. The number of aliphatic hydroxyl groups is 1. The zero-order valence-electron chi connectivity index (χ0n) is 15.4. The minimum Gasteiger partial charge on any atom is -0.456 e. The molecule has 3 aromatic carbocycles. The minimum atomic E-state index is -0.823. The molecule has 3 heteroatoms. The minimum absolute atomic E-state index is 0.445. The number of nitriles is 1. The van der Waals surface area contributed by atoms with Crippen LogP contribution in [-0.2, 0) is 0 Å². The number of aryl methyl sites for hydroxylation is 2. The highest BCUT2D eigenvalue weighted by molar-refractivity contribution is 5.64. The van der Waals surface area contributed by atoms with Crippen molar-refractivity contribution in [3.63, 3.8) is 0 Å². The first-order chi connectivity index (χ1) is 13.1. The molecule has 3 aromatic rings. The van der Waals surface area contributed by atoms with E-state index in [1.807, 2.05) is 68.4 Å². The molecule has 3 nitrogen and oxygen atoms in total. The predicted molar refractivity (Wildman–Crippen MR) is 107 cm³/mol. The Bertz CT molecular complexity index is 980. The molecule has 1 unspecified atom stereocenters. The molecule has 0 saturated carbocycles. The molecule has 0 bridgehead atoms. The first-order valence-corrected chi connectivity index (χ1v) is 8.77. The Kier molecular flexibility index (Phi) is 5.71. The lowest BCUT2D eigenvalue weighted by molar-refractivity contribution is 0.227. The van der Waals surface area contributed by atoms with Crippen molar-refractivity contribution >= 4 is 5.76 Å². The van der Waals surface area contributed by atoms with Crippen LogP contribution >= 0.6 is 0 Å². The number of benzene rings is 3. The largest absolute Gasteiger partial charge is 0.456 e. The van der Waals surface area contributed by atoms with Crippen molar-refractivity contribution in [1.82, 2.24) is 0 Å². The van der Waals surface area contributed by atoms with Gasteiger partial charge >= 0.3 is 0 Å². The average Bonchev–Trinajstić information content (AvgIpc) is 2.69. The Balaban J connectivity index is 2.00. The fourth-order valence-corrected chi connectivity index (χ4v) is 2.68. The second kappa shape index (κ2) is 8.35. The third kappa shape index (κ3) is 4.63. The Hall–Kier alpha value is -3.35. The van der Waals surface area contributed by atoms with Crippen molar-refractivity contribution < 1.29 is 9.84 Å². The van der Waals surface area contributed by atoms with Gasteiger partial charge in [0.2, 0.25) is 0 Å². The lowest BCUT2D eigenvalue weighted by Crippen LogP contribution is -2.01. The normalized spacial score (nSPS) is 12.3. The standard InChI is InChI=1S/C24H21NO2/c1-17-7-11-19(12-8-17)22(26)15-24(20-13-9-18(2)10-14-20)27-23-6-4-3-5-21(23)16-25/h3-15,22,26H,1-2H3/b24-15-. The van der Waals surface area contributed by atoms with Crippen molar-refractivity contribution in [2.45, 2.75) is 20.0 Å². The van der Waals surface area contributed by atoms with Crippen molar-refractivity contribution in [2.75, 3.05) is 0 Å². The lowest BCUT2D eigenvalue weighted by atomic mass is 10.0. The van der Waals surface area contributed by atoms with Crippen molar-refractivity contribution in [1.29, 1.82) is 5.26 Å². The van der Waals surface area contributed by atoms with Gasteiger partial charge in [-0.15, -0.1) is 0 Å². The fraction of sp³-hybridized carbons (Fsp3) is 0.125. The summed E-state index contributed by atoms with van der Waals surface area (Å²) in [6.45, 7) is 4.02. The van der Waals surface area contributed by atoms with Crippen molar-refractivity contribution in [3.05, 3.63) is 107 Å².